The smallest absolute Gasteiger partial charge is 0.251 e. The van der Waals surface area contributed by atoms with Gasteiger partial charge in [0, 0.05) is 17.3 Å². The zero-order chi connectivity index (χ0) is 12.8. The molecule has 0 bridgehead atoms. The minimum Gasteiger partial charge on any atom is -0.399 e. The van der Waals surface area contributed by atoms with Gasteiger partial charge in [-0.1, -0.05) is 20.3 Å². The molecule has 0 aromatic heterocycles. The molecule has 94 valence electrons. The quantitative estimate of drug-likeness (QED) is 0.770. The molecular weight excluding hydrogens is 212 g/mol. The van der Waals surface area contributed by atoms with Gasteiger partial charge in [-0.2, -0.15) is 0 Å². The second-order valence-electron chi connectivity index (χ2n) is 4.44. The summed E-state index contributed by atoms with van der Waals surface area (Å²) in [4.78, 5) is 12.1. The average molecular weight is 234 g/mol. The number of carbonyl (C=O) groups is 1. The van der Waals surface area contributed by atoms with E-state index in [1.165, 1.54) is 0 Å². The Labute approximate surface area is 103 Å². The fraction of sp³-hybridized carbons (Fsp3) is 0.500. The summed E-state index contributed by atoms with van der Waals surface area (Å²) >= 11 is 0. The highest BCUT2D eigenvalue weighted by Crippen LogP contribution is 2.13. The van der Waals surface area contributed by atoms with E-state index in [-0.39, 0.29) is 11.9 Å². The van der Waals surface area contributed by atoms with Crippen LogP contribution < -0.4 is 11.1 Å². The van der Waals surface area contributed by atoms with Crippen molar-refractivity contribution >= 4 is 11.6 Å². The number of amides is 1. The molecule has 3 nitrogen and oxygen atoms in total. The molecule has 0 aliphatic carbocycles. The number of hydrogen-bond acceptors (Lipinski definition) is 2. The van der Waals surface area contributed by atoms with Gasteiger partial charge in [-0.25, -0.2) is 0 Å². The van der Waals surface area contributed by atoms with Crippen LogP contribution in [-0.2, 0) is 0 Å². The summed E-state index contributed by atoms with van der Waals surface area (Å²) in [6, 6.07) is 5.65. The Kier molecular flexibility index (Phi) is 5.01. The van der Waals surface area contributed by atoms with Gasteiger partial charge in [0.1, 0.15) is 0 Å². The maximum atomic E-state index is 12.1. The third-order valence-electron chi connectivity index (χ3n) is 2.96. The van der Waals surface area contributed by atoms with Crippen LogP contribution in [0, 0.1) is 6.92 Å². The first-order valence-corrected chi connectivity index (χ1v) is 6.25. The highest BCUT2D eigenvalue weighted by Gasteiger charge is 2.13. The summed E-state index contributed by atoms with van der Waals surface area (Å²) in [7, 11) is 0. The first-order chi connectivity index (χ1) is 8.08. The minimum atomic E-state index is 0.00259. The van der Waals surface area contributed by atoms with Crippen LogP contribution in [0.25, 0.3) is 0 Å². The lowest BCUT2D eigenvalue weighted by atomic mass is 10.1. The Hall–Kier alpha value is -1.51. The molecule has 0 saturated heterocycles. The van der Waals surface area contributed by atoms with E-state index in [0.717, 1.165) is 24.8 Å². The Morgan fingerprint density at radius 1 is 1.41 bits per heavy atom. The van der Waals surface area contributed by atoms with Crippen LogP contribution >= 0.6 is 0 Å². The first-order valence-electron chi connectivity index (χ1n) is 6.25. The summed E-state index contributed by atoms with van der Waals surface area (Å²) in [5.41, 5.74) is 8.01. The van der Waals surface area contributed by atoms with Crippen molar-refractivity contribution in [1.82, 2.24) is 5.32 Å². The maximum Gasteiger partial charge on any atom is 0.251 e. The Balaban J connectivity index is 2.75. The van der Waals surface area contributed by atoms with Gasteiger partial charge in [0.25, 0.3) is 5.91 Å². The third-order valence-corrected chi connectivity index (χ3v) is 2.96. The molecule has 0 spiro atoms. The van der Waals surface area contributed by atoms with Crippen LogP contribution in [0.2, 0.25) is 0 Å². The lowest BCUT2D eigenvalue weighted by Crippen LogP contribution is -2.34. The van der Waals surface area contributed by atoms with Gasteiger partial charge in [-0.3, -0.25) is 4.79 Å². The van der Waals surface area contributed by atoms with Crippen molar-refractivity contribution in [3.05, 3.63) is 29.3 Å². The van der Waals surface area contributed by atoms with E-state index >= 15 is 0 Å². The molecule has 1 atom stereocenters. The second kappa shape index (κ2) is 6.28. The molecule has 0 saturated carbocycles. The number of rotatable bonds is 5. The molecule has 1 rings (SSSR count). The summed E-state index contributed by atoms with van der Waals surface area (Å²) in [6.45, 7) is 6.13. The number of aryl methyl sites for hydroxylation is 1. The summed E-state index contributed by atoms with van der Waals surface area (Å²) < 4.78 is 0. The minimum absolute atomic E-state index is 0.00259. The summed E-state index contributed by atoms with van der Waals surface area (Å²) in [5.74, 6) is 0.00259. The van der Waals surface area contributed by atoms with Crippen molar-refractivity contribution in [2.75, 3.05) is 5.73 Å². The number of benzene rings is 1. The molecule has 0 radical (unpaired) electrons. The Morgan fingerprint density at radius 3 is 2.65 bits per heavy atom. The lowest BCUT2D eigenvalue weighted by molar-refractivity contribution is 0.0933. The predicted octanol–water partition coefficient (Wildman–Crippen LogP) is 2.89. The van der Waals surface area contributed by atoms with Crippen LogP contribution in [0.15, 0.2) is 18.2 Å². The van der Waals surface area contributed by atoms with Crippen molar-refractivity contribution in [1.29, 1.82) is 0 Å². The van der Waals surface area contributed by atoms with Gasteiger partial charge in [0.2, 0.25) is 0 Å². The summed E-state index contributed by atoms with van der Waals surface area (Å²) in [6.07, 6.45) is 3.07. The van der Waals surface area contributed by atoms with Gasteiger partial charge >= 0.3 is 0 Å². The van der Waals surface area contributed by atoms with Crippen LogP contribution in [0.1, 0.15) is 49.0 Å². The fourth-order valence-electron chi connectivity index (χ4n) is 1.93. The molecule has 1 unspecified atom stereocenters. The number of carbonyl (C=O) groups excluding carboxylic acids is 1. The largest absolute Gasteiger partial charge is 0.399 e. The van der Waals surface area contributed by atoms with Gasteiger partial charge in [0.05, 0.1) is 0 Å². The zero-order valence-corrected chi connectivity index (χ0v) is 10.9. The highest BCUT2D eigenvalue weighted by atomic mass is 16.1. The molecule has 1 aromatic rings. The van der Waals surface area contributed by atoms with Crippen LogP contribution in [0.3, 0.4) is 0 Å². The zero-order valence-electron chi connectivity index (χ0n) is 10.9. The van der Waals surface area contributed by atoms with E-state index in [1.54, 1.807) is 12.1 Å². The second-order valence-corrected chi connectivity index (χ2v) is 4.44. The Bertz CT molecular complexity index is 388. The van der Waals surface area contributed by atoms with Gasteiger partial charge in [0.15, 0.2) is 0 Å². The molecular formula is C14H22N2O. The van der Waals surface area contributed by atoms with E-state index in [2.05, 4.69) is 19.2 Å². The standard InChI is InChI=1S/C14H22N2O/c1-4-6-12(5-2)16-14(17)13-8-7-11(15)9-10(13)3/h7-9,12H,4-6,15H2,1-3H3,(H,16,17). The molecule has 3 N–H and O–H groups in total. The highest BCUT2D eigenvalue weighted by molar-refractivity contribution is 5.96. The van der Waals surface area contributed by atoms with E-state index in [9.17, 15) is 4.79 Å². The van der Waals surface area contributed by atoms with Crippen LogP contribution in [0.5, 0.6) is 0 Å². The molecule has 0 aliphatic rings. The van der Waals surface area contributed by atoms with Gasteiger partial charge < -0.3 is 11.1 Å². The summed E-state index contributed by atoms with van der Waals surface area (Å²) in [5, 5.41) is 3.06. The number of nitrogen functional groups attached to an aromatic ring is 1. The van der Waals surface area contributed by atoms with E-state index in [4.69, 9.17) is 5.73 Å². The first kappa shape index (κ1) is 13.6. The van der Waals surface area contributed by atoms with Gasteiger partial charge in [-0.15, -0.1) is 0 Å². The van der Waals surface area contributed by atoms with Crippen molar-refractivity contribution in [3.63, 3.8) is 0 Å². The Morgan fingerprint density at radius 2 is 2.12 bits per heavy atom. The fourth-order valence-corrected chi connectivity index (χ4v) is 1.93. The van der Waals surface area contributed by atoms with Crippen molar-refractivity contribution in [2.24, 2.45) is 0 Å². The van der Waals surface area contributed by atoms with Crippen LogP contribution in [-0.4, -0.2) is 11.9 Å². The number of nitrogens with one attached hydrogen (secondary N) is 1. The van der Waals surface area contributed by atoms with Crippen LogP contribution in [0.4, 0.5) is 5.69 Å². The number of anilines is 1. The number of hydrogen-bond donors (Lipinski definition) is 2. The lowest BCUT2D eigenvalue weighted by Gasteiger charge is -2.17. The van der Waals surface area contributed by atoms with E-state index in [0.29, 0.717) is 11.3 Å². The SMILES string of the molecule is CCCC(CC)NC(=O)c1ccc(N)cc1C. The normalized spacial score (nSPS) is 12.2. The topological polar surface area (TPSA) is 55.1 Å². The average Bonchev–Trinajstić information content (AvgIpc) is 2.28. The molecule has 0 heterocycles. The van der Waals surface area contributed by atoms with Gasteiger partial charge in [-0.05, 0) is 43.5 Å². The molecule has 17 heavy (non-hydrogen) atoms. The van der Waals surface area contributed by atoms with Crippen molar-refractivity contribution in [2.45, 2.75) is 46.1 Å². The van der Waals surface area contributed by atoms with E-state index in [1.807, 2.05) is 13.0 Å². The maximum absolute atomic E-state index is 12.1. The monoisotopic (exact) mass is 234 g/mol. The third kappa shape index (κ3) is 3.77. The molecule has 0 aliphatic heterocycles. The van der Waals surface area contributed by atoms with Crippen molar-refractivity contribution in [3.8, 4) is 0 Å². The van der Waals surface area contributed by atoms with E-state index < -0.39 is 0 Å². The molecule has 0 fully saturated rings. The van der Waals surface area contributed by atoms with Crippen molar-refractivity contribution < 1.29 is 4.79 Å². The molecule has 1 amide bonds. The predicted molar refractivity (Wildman–Crippen MR) is 72.0 cm³/mol. The molecule has 1 aromatic carbocycles. The molecule has 3 heteroatoms. The number of nitrogens with two attached hydrogens (primary N) is 1.